The van der Waals surface area contributed by atoms with Crippen molar-refractivity contribution in [2.75, 3.05) is 6.66 Å². The highest BCUT2D eigenvalue weighted by atomic mass is 31.1. The van der Waals surface area contributed by atoms with E-state index in [1.54, 1.807) is 6.07 Å². The Balaban J connectivity index is 3.14. The molecule has 1 unspecified atom stereocenters. The molecular weight excluding hydrogens is 143 g/mol. The first-order chi connectivity index (χ1) is 4.75. The fourth-order valence-corrected chi connectivity index (χ4v) is 1.66. The molecule has 1 nitrogen and oxygen atoms in total. The zero-order valence-corrected chi connectivity index (χ0v) is 7.18. The second-order valence-electron chi connectivity index (χ2n) is 2.20. The fourth-order valence-electron chi connectivity index (χ4n) is 0.894. The first-order valence-electron chi connectivity index (χ1n) is 3.22. The molecule has 1 N–H and O–H groups in total. The van der Waals surface area contributed by atoms with E-state index in [0.29, 0.717) is 5.75 Å². The SMILES string of the molecule is CPc1cccc(O)c1C. The topological polar surface area (TPSA) is 20.2 Å². The van der Waals surface area contributed by atoms with Gasteiger partial charge in [-0.1, -0.05) is 20.7 Å². The van der Waals surface area contributed by atoms with Crippen molar-refractivity contribution in [2.45, 2.75) is 6.92 Å². The molecule has 0 fully saturated rings. The van der Waals surface area contributed by atoms with Crippen LogP contribution < -0.4 is 5.30 Å². The minimum atomic E-state index is 0.409. The Bertz CT molecular complexity index is 233. The van der Waals surface area contributed by atoms with Gasteiger partial charge in [0.15, 0.2) is 0 Å². The smallest absolute Gasteiger partial charge is 0.119 e. The summed E-state index contributed by atoms with van der Waals surface area (Å²) in [5.41, 5.74) is 1.02. The number of hydrogen-bond donors (Lipinski definition) is 1. The molecule has 1 aromatic rings. The quantitative estimate of drug-likeness (QED) is 0.609. The van der Waals surface area contributed by atoms with Crippen molar-refractivity contribution in [2.24, 2.45) is 0 Å². The molecule has 0 aromatic heterocycles. The van der Waals surface area contributed by atoms with Gasteiger partial charge in [0, 0.05) is 0 Å². The second kappa shape index (κ2) is 3.03. The molecule has 54 valence electrons. The fraction of sp³-hybridized carbons (Fsp3) is 0.250. The van der Waals surface area contributed by atoms with Gasteiger partial charge in [-0.15, -0.1) is 0 Å². The number of aromatic hydroxyl groups is 1. The van der Waals surface area contributed by atoms with Crippen LogP contribution in [-0.4, -0.2) is 11.8 Å². The molecule has 0 bridgehead atoms. The summed E-state index contributed by atoms with van der Waals surface area (Å²) >= 11 is 0. The van der Waals surface area contributed by atoms with Crippen LogP contribution in [0.3, 0.4) is 0 Å². The van der Waals surface area contributed by atoms with E-state index in [4.69, 9.17) is 0 Å². The summed E-state index contributed by atoms with van der Waals surface area (Å²) in [6, 6.07) is 5.65. The Kier molecular flexibility index (Phi) is 2.29. The van der Waals surface area contributed by atoms with E-state index in [1.165, 1.54) is 5.30 Å². The first kappa shape index (κ1) is 7.56. The molecule has 0 amide bonds. The van der Waals surface area contributed by atoms with E-state index in [0.717, 1.165) is 14.1 Å². The maximum Gasteiger partial charge on any atom is 0.119 e. The van der Waals surface area contributed by atoms with Crippen molar-refractivity contribution in [1.82, 2.24) is 0 Å². The first-order valence-corrected chi connectivity index (χ1v) is 4.72. The third-order valence-corrected chi connectivity index (χ3v) is 2.65. The molecule has 0 saturated heterocycles. The van der Waals surface area contributed by atoms with Crippen LogP contribution >= 0.6 is 8.58 Å². The van der Waals surface area contributed by atoms with Crippen LogP contribution in [0.15, 0.2) is 18.2 Å². The van der Waals surface area contributed by atoms with Crippen molar-refractivity contribution in [3.8, 4) is 5.75 Å². The Hall–Kier alpha value is -0.550. The number of hydrogen-bond acceptors (Lipinski definition) is 1. The normalized spacial score (nSPS) is 11.0. The van der Waals surface area contributed by atoms with Crippen LogP contribution in [-0.2, 0) is 0 Å². The van der Waals surface area contributed by atoms with E-state index in [9.17, 15) is 5.11 Å². The molecule has 1 rings (SSSR count). The monoisotopic (exact) mass is 154 g/mol. The Labute approximate surface area is 62.9 Å². The summed E-state index contributed by atoms with van der Waals surface area (Å²) in [7, 11) is 0.765. The van der Waals surface area contributed by atoms with Crippen LogP contribution in [0.4, 0.5) is 0 Å². The zero-order valence-electron chi connectivity index (χ0n) is 6.18. The van der Waals surface area contributed by atoms with E-state index >= 15 is 0 Å². The van der Waals surface area contributed by atoms with Gasteiger partial charge >= 0.3 is 0 Å². The Morgan fingerprint density at radius 1 is 1.40 bits per heavy atom. The minimum absolute atomic E-state index is 0.409. The molecule has 2 heteroatoms. The van der Waals surface area contributed by atoms with Crippen LogP contribution in [0, 0.1) is 6.92 Å². The lowest BCUT2D eigenvalue weighted by Crippen LogP contribution is -1.97. The van der Waals surface area contributed by atoms with Crippen LogP contribution in [0.25, 0.3) is 0 Å². The molecule has 1 aromatic carbocycles. The lowest BCUT2D eigenvalue weighted by Gasteiger charge is -2.02. The van der Waals surface area contributed by atoms with Gasteiger partial charge in [-0.3, -0.25) is 0 Å². The molecule has 0 saturated carbocycles. The lowest BCUT2D eigenvalue weighted by atomic mass is 10.2. The predicted molar refractivity (Wildman–Crippen MR) is 46.7 cm³/mol. The predicted octanol–water partition coefficient (Wildman–Crippen LogP) is 1.63. The van der Waals surface area contributed by atoms with E-state index in [1.807, 2.05) is 19.1 Å². The van der Waals surface area contributed by atoms with Crippen LogP contribution in [0.2, 0.25) is 0 Å². The van der Waals surface area contributed by atoms with Crippen molar-refractivity contribution in [3.63, 3.8) is 0 Å². The summed E-state index contributed by atoms with van der Waals surface area (Å²) in [6.07, 6.45) is 0. The third-order valence-electron chi connectivity index (χ3n) is 1.57. The summed E-state index contributed by atoms with van der Waals surface area (Å²) in [5, 5.41) is 10.5. The number of phenolic OH excluding ortho intramolecular Hbond substituents is 1. The van der Waals surface area contributed by atoms with Gasteiger partial charge in [0.2, 0.25) is 0 Å². The summed E-state index contributed by atoms with van der Waals surface area (Å²) in [6.45, 7) is 4.06. The lowest BCUT2D eigenvalue weighted by molar-refractivity contribution is 0.472. The highest BCUT2D eigenvalue weighted by molar-refractivity contribution is 7.46. The van der Waals surface area contributed by atoms with E-state index in [-0.39, 0.29) is 0 Å². The van der Waals surface area contributed by atoms with Crippen LogP contribution in [0.1, 0.15) is 5.56 Å². The Morgan fingerprint density at radius 2 is 2.10 bits per heavy atom. The van der Waals surface area contributed by atoms with Gasteiger partial charge in [-0.25, -0.2) is 0 Å². The van der Waals surface area contributed by atoms with Crippen LogP contribution in [0.5, 0.6) is 5.75 Å². The maximum absolute atomic E-state index is 9.24. The van der Waals surface area contributed by atoms with E-state index in [2.05, 4.69) is 6.66 Å². The van der Waals surface area contributed by atoms with Crippen molar-refractivity contribution in [3.05, 3.63) is 23.8 Å². The van der Waals surface area contributed by atoms with Gasteiger partial charge in [0.1, 0.15) is 5.75 Å². The summed E-state index contributed by atoms with van der Waals surface area (Å²) < 4.78 is 0. The number of benzene rings is 1. The average molecular weight is 154 g/mol. The maximum atomic E-state index is 9.24. The van der Waals surface area contributed by atoms with Gasteiger partial charge < -0.3 is 5.11 Å². The average Bonchev–Trinajstić information content (AvgIpc) is 1.95. The zero-order chi connectivity index (χ0) is 7.56. The van der Waals surface area contributed by atoms with E-state index < -0.39 is 0 Å². The highest BCUT2D eigenvalue weighted by Gasteiger charge is 1.98. The van der Waals surface area contributed by atoms with Gasteiger partial charge in [-0.05, 0) is 30.5 Å². The van der Waals surface area contributed by atoms with Gasteiger partial charge in [0.25, 0.3) is 0 Å². The molecule has 0 aliphatic rings. The number of phenols is 1. The van der Waals surface area contributed by atoms with Gasteiger partial charge in [-0.2, -0.15) is 0 Å². The molecule has 0 aliphatic heterocycles. The molecule has 10 heavy (non-hydrogen) atoms. The molecular formula is C8H11OP. The molecule has 0 radical (unpaired) electrons. The van der Waals surface area contributed by atoms with Gasteiger partial charge in [0.05, 0.1) is 0 Å². The molecule has 1 atom stereocenters. The summed E-state index contributed by atoms with van der Waals surface area (Å²) in [4.78, 5) is 0. The van der Waals surface area contributed by atoms with Crippen molar-refractivity contribution in [1.29, 1.82) is 0 Å². The molecule has 0 spiro atoms. The molecule has 0 aliphatic carbocycles. The third kappa shape index (κ3) is 1.30. The standard InChI is InChI=1S/C8H11OP/c1-6-7(9)4-3-5-8(6)10-2/h3-5,9-10H,1-2H3. The van der Waals surface area contributed by atoms with Crippen molar-refractivity contribution >= 4 is 13.9 Å². The Morgan fingerprint density at radius 3 is 2.60 bits per heavy atom. The minimum Gasteiger partial charge on any atom is -0.508 e. The summed E-state index contributed by atoms with van der Waals surface area (Å²) in [5.74, 6) is 0.409. The number of rotatable bonds is 1. The van der Waals surface area contributed by atoms with Crippen molar-refractivity contribution < 1.29 is 5.11 Å². The highest BCUT2D eigenvalue weighted by Crippen LogP contribution is 2.17. The second-order valence-corrected chi connectivity index (χ2v) is 3.24. The molecule has 0 heterocycles. The largest absolute Gasteiger partial charge is 0.508 e.